The molecule has 1 aromatic carbocycles. The number of nitrogens with zero attached hydrogens (tertiary/aromatic N) is 2. The van der Waals surface area contributed by atoms with E-state index in [9.17, 15) is 9.59 Å². The standard InChI is InChI=1S/C18H21N5O2/c1-11(12-4-6-15-13(8-12)9-17(24)22-15)20-18(25)21-14-5-7-16(19-10-14)23(2)3/h4-8,10-11H,9H2,1-3H3,(H,22,24)(H2,20,21,25)/t11-/m1/s1. The fourth-order valence-electron chi connectivity index (χ4n) is 2.69. The molecule has 0 aliphatic carbocycles. The second-order valence-electron chi connectivity index (χ2n) is 6.26. The van der Waals surface area contributed by atoms with Crippen LogP contribution in [0.5, 0.6) is 0 Å². The minimum Gasteiger partial charge on any atom is -0.363 e. The van der Waals surface area contributed by atoms with E-state index in [1.54, 1.807) is 12.3 Å². The molecule has 7 nitrogen and oxygen atoms in total. The number of carbonyl (C=O) groups excluding carboxylic acids is 2. The van der Waals surface area contributed by atoms with Crippen LogP contribution in [-0.4, -0.2) is 31.0 Å². The number of anilines is 3. The van der Waals surface area contributed by atoms with Gasteiger partial charge in [0.05, 0.1) is 24.3 Å². The summed E-state index contributed by atoms with van der Waals surface area (Å²) in [5, 5.41) is 8.46. The van der Waals surface area contributed by atoms with E-state index in [4.69, 9.17) is 0 Å². The van der Waals surface area contributed by atoms with Crippen molar-refractivity contribution in [2.24, 2.45) is 0 Å². The van der Waals surface area contributed by atoms with Crippen LogP contribution in [0.2, 0.25) is 0 Å². The predicted octanol–water partition coefficient (Wildman–Crippen LogP) is 2.52. The Morgan fingerprint density at radius 1 is 1.28 bits per heavy atom. The first-order chi connectivity index (χ1) is 11.9. The van der Waals surface area contributed by atoms with Crippen molar-refractivity contribution in [2.75, 3.05) is 29.6 Å². The van der Waals surface area contributed by atoms with Gasteiger partial charge in [0, 0.05) is 19.8 Å². The highest BCUT2D eigenvalue weighted by atomic mass is 16.2. The number of hydrogen-bond acceptors (Lipinski definition) is 4. The Kier molecular flexibility index (Phi) is 4.56. The van der Waals surface area contributed by atoms with Gasteiger partial charge in [-0.1, -0.05) is 12.1 Å². The average molecular weight is 339 g/mol. The third-order valence-electron chi connectivity index (χ3n) is 4.07. The third kappa shape index (κ3) is 3.88. The van der Waals surface area contributed by atoms with E-state index in [1.165, 1.54) is 0 Å². The SMILES string of the molecule is C[C@@H](NC(=O)Nc1ccc(N(C)C)nc1)c1ccc2c(c1)CC(=O)N2. The number of pyridine rings is 1. The molecule has 0 unspecified atom stereocenters. The quantitative estimate of drug-likeness (QED) is 0.799. The van der Waals surface area contributed by atoms with Crippen molar-refractivity contribution in [3.05, 3.63) is 47.7 Å². The van der Waals surface area contributed by atoms with Gasteiger partial charge in [0.15, 0.2) is 0 Å². The van der Waals surface area contributed by atoms with Crippen LogP contribution in [0.3, 0.4) is 0 Å². The fourth-order valence-corrected chi connectivity index (χ4v) is 2.69. The van der Waals surface area contributed by atoms with Gasteiger partial charge in [-0.05, 0) is 36.2 Å². The zero-order chi connectivity index (χ0) is 18.0. The Balaban J connectivity index is 1.61. The number of aromatic nitrogens is 1. The maximum Gasteiger partial charge on any atom is 0.319 e. The summed E-state index contributed by atoms with van der Waals surface area (Å²) in [5.74, 6) is 0.819. The molecule has 7 heteroatoms. The number of carbonyl (C=O) groups is 2. The zero-order valence-electron chi connectivity index (χ0n) is 14.5. The maximum absolute atomic E-state index is 12.2. The molecule has 1 aliphatic rings. The van der Waals surface area contributed by atoms with E-state index in [0.717, 1.165) is 22.6 Å². The predicted molar refractivity (Wildman–Crippen MR) is 97.9 cm³/mol. The molecule has 0 fully saturated rings. The summed E-state index contributed by atoms with van der Waals surface area (Å²) in [6.07, 6.45) is 2.00. The van der Waals surface area contributed by atoms with Crippen molar-refractivity contribution in [3.8, 4) is 0 Å². The highest BCUT2D eigenvalue weighted by molar-refractivity contribution is 5.99. The van der Waals surface area contributed by atoms with Crippen LogP contribution >= 0.6 is 0 Å². The van der Waals surface area contributed by atoms with Crippen LogP contribution in [0.25, 0.3) is 0 Å². The van der Waals surface area contributed by atoms with E-state index in [0.29, 0.717) is 12.1 Å². The average Bonchev–Trinajstić information content (AvgIpc) is 2.94. The highest BCUT2D eigenvalue weighted by Gasteiger charge is 2.19. The lowest BCUT2D eigenvalue weighted by molar-refractivity contribution is -0.115. The molecule has 3 rings (SSSR count). The number of amides is 3. The van der Waals surface area contributed by atoms with Crippen LogP contribution in [0.15, 0.2) is 36.5 Å². The van der Waals surface area contributed by atoms with Crippen LogP contribution in [0.4, 0.5) is 22.0 Å². The topological polar surface area (TPSA) is 86.4 Å². The van der Waals surface area contributed by atoms with Gasteiger partial charge in [-0.2, -0.15) is 0 Å². The van der Waals surface area contributed by atoms with Gasteiger partial charge in [-0.15, -0.1) is 0 Å². The second kappa shape index (κ2) is 6.80. The highest BCUT2D eigenvalue weighted by Crippen LogP contribution is 2.26. The second-order valence-corrected chi connectivity index (χ2v) is 6.26. The number of hydrogen-bond donors (Lipinski definition) is 3. The normalized spacial score (nSPS) is 13.6. The number of benzene rings is 1. The summed E-state index contributed by atoms with van der Waals surface area (Å²) in [6.45, 7) is 1.90. The van der Waals surface area contributed by atoms with Gasteiger partial charge in [0.2, 0.25) is 5.91 Å². The van der Waals surface area contributed by atoms with Crippen LogP contribution in [0, 0.1) is 0 Å². The molecule has 0 bridgehead atoms. The van der Waals surface area contributed by atoms with Gasteiger partial charge < -0.3 is 20.9 Å². The molecule has 1 atom stereocenters. The largest absolute Gasteiger partial charge is 0.363 e. The Labute approximate surface area is 146 Å². The first-order valence-electron chi connectivity index (χ1n) is 8.06. The van der Waals surface area contributed by atoms with Gasteiger partial charge in [-0.3, -0.25) is 4.79 Å². The number of nitrogens with one attached hydrogen (secondary N) is 3. The summed E-state index contributed by atoms with van der Waals surface area (Å²) < 4.78 is 0. The van der Waals surface area contributed by atoms with Crippen molar-refractivity contribution in [1.82, 2.24) is 10.3 Å². The van der Waals surface area contributed by atoms with Gasteiger partial charge in [-0.25, -0.2) is 9.78 Å². The van der Waals surface area contributed by atoms with Crippen molar-refractivity contribution in [1.29, 1.82) is 0 Å². The van der Waals surface area contributed by atoms with E-state index < -0.39 is 0 Å². The number of fused-ring (bicyclic) bond motifs is 1. The van der Waals surface area contributed by atoms with Gasteiger partial charge in [0.1, 0.15) is 5.82 Å². The summed E-state index contributed by atoms with van der Waals surface area (Å²) in [4.78, 5) is 29.8. The van der Waals surface area contributed by atoms with Crippen molar-refractivity contribution < 1.29 is 9.59 Å². The molecule has 130 valence electrons. The van der Waals surface area contributed by atoms with Gasteiger partial charge >= 0.3 is 6.03 Å². The van der Waals surface area contributed by atoms with Gasteiger partial charge in [0.25, 0.3) is 0 Å². The van der Waals surface area contributed by atoms with Crippen molar-refractivity contribution in [3.63, 3.8) is 0 Å². The van der Waals surface area contributed by atoms with Crippen molar-refractivity contribution in [2.45, 2.75) is 19.4 Å². The number of rotatable bonds is 4. The Morgan fingerprint density at radius 2 is 2.08 bits per heavy atom. The molecule has 3 amide bonds. The molecule has 1 aliphatic heterocycles. The first-order valence-corrected chi connectivity index (χ1v) is 8.06. The van der Waals surface area contributed by atoms with E-state index in [1.807, 2.05) is 50.2 Å². The first kappa shape index (κ1) is 16.8. The lowest BCUT2D eigenvalue weighted by Crippen LogP contribution is -2.31. The smallest absolute Gasteiger partial charge is 0.319 e. The minimum absolute atomic E-state index is 0.000763. The summed E-state index contributed by atoms with van der Waals surface area (Å²) in [5.41, 5.74) is 3.38. The van der Waals surface area contributed by atoms with Crippen molar-refractivity contribution >= 4 is 29.1 Å². The van der Waals surface area contributed by atoms with E-state index in [2.05, 4.69) is 20.9 Å². The molecule has 0 radical (unpaired) electrons. The molecule has 3 N–H and O–H groups in total. The Bertz CT molecular complexity index is 802. The third-order valence-corrected chi connectivity index (χ3v) is 4.07. The Hall–Kier alpha value is -3.09. The fraction of sp³-hybridized carbons (Fsp3) is 0.278. The molecular weight excluding hydrogens is 318 g/mol. The monoisotopic (exact) mass is 339 g/mol. The molecule has 0 spiro atoms. The zero-order valence-corrected chi connectivity index (χ0v) is 14.5. The maximum atomic E-state index is 12.2. The Morgan fingerprint density at radius 3 is 2.76 bits per heavy atom. The van der Waals surface area contributed by atoms with Crippen LogP contribution in [0.1, 0.15) is 24.1 Å². The molecule has 0 saturated carbocycles. The summed E-state index contributed by atoms with van der Waals surface area (Å²) in [6, 6.07) is 8.88. The molecule has 25 heavy (non-hydrogen) atoms. The molecule has 2 aromatic rings. The molecule has 2 heterocycles. The molecule has 0 saturated heterocycles. The number of urea groups is 1. The minimum atomic E-state index is -0.304. The summed E-state index contributed by atoms with van der Waals surface area (Å²) >= 11 is 0. The molecular formula is C18H21N5O2. The van der Waals surface area contributed by atoms with E-state index >= 15 is 0 Å². The lowest BCUT2D eigenvalue weighted by Gasteiger charge is -2.16. The lowest BCUT2D eigenvalue weighted by atomic mass is 10.0. The van der Waals surface area contributed by atoms with E-state index in [-0.39, 0.29) is 18.0 Å². The van der Waals surface area contributed by atoms with Crippen LogP contribution < -0.4 is 20.9 Å². The molecule has 1 aromatic heterocycles. The van der Waals surface area contributed by atoms with Crippen LogP contribution in [-0.2, 0) is 11.2 Å². The summed E-state index contributed by atoms with van der Waals surface area (Å²) in [7, 11) is 3.81.